The van der Waals surface area contributed by atoms with Gasteiger partial charge < -0.3 is 30.7 Å². The van der Waals surface area contributed by atoms with Gasteiger partial charge in [0, 0.05) is 13.1 Å². The summed E-state index contributed by atoms with van der Waals surface area (Å²) in [7, 11) is 0. The zero-order valence-electron chi connectivity index (χ0n) is 23.8. The number of nitrogens with one attached hydrogen (secondary N) is 3. The molecule has 3 atom stereocenters. The first-order valence-electron chi connectivity index (χ1n) is 13.3. The molecule has 1 aliphatic heterocycles. The number of alkyl carbamates (subject to hydrolysis) is 1. The molecule has 1 saturated heterocycles. The van der Waals surface area contributed by atoms with Gasteiger partial charge in [-0.1, -0.05) is 35.8 Å². The van der Waals surface area contributed by atoms with E-state index in [1.807, 2.05) is 6.07 Å². The van der Waals surface area contributed by atoms with Crippen molar-refractivity contribution in [2.24, 2.45) is 10.7 Å². The Morgan fingerprint density at radius 3 is 2.51 bits per heavy atom. The minimum Gasteiger partial charge on any atom is -0.459 e. The standard InChI is InChI=1S/C26H39N7O8/c1-17(29-25(37)41-26(2,3)4)22(35)32-15-9-13-20(32)21(34)30-19(12-8-14-28-24(27)31-33(38)39)23(36)40-16-18-10-6-5-7-11-18/h5-7,10-11,17,19-20H,8-9,12-16H2,1-4H3,(H,29,37)(H,30,34)(H3,27,28,31)/t17-,19-,20-/m0/s1. The number of hydrazine groups is 1. The van der Waals surface area contributed by atoms with Gasteiger partial charge in [0.1, 0.15) is 30.3 Å². The van der Waals surface area contributed by atoms with E-state index in [9.17, 15) is 29.3 Å². The Morgan fingerprint density at radius 1 is 1.20 bits per heavy atom. The van der Waals surface area contributed by atoms with Gasteiger partial charge >= 0.3 is 12.1 Å². The predicted octanol–water partition coefficient (Wildman–Crippen LogP) is 0.995. The van der Waals surface area contributed by atoms with Crippen molar-refractivity contribution in [3.63, 3.8) is 0 Å². The van der Waals surface area contributed by atoms with Gasteiger partial charge in [-0.15, -0.1) is 0 Å². The smallest absolute Gasteiger partial charge is 0.408 e. The van der Waals surface area contributed by atoms with E-state index in [2.05, 4.69) is 15.6 Å². The number of aliphatic imine (C=N–C) groups is 1. The minimum absolute atomic E-state index is 0.00815. The molecule has 1 aromatic rings. The number of carbonyl (C=O) groups excluding carboxylic acids is 4. The van der Waals surface area contributed by atoms with Crippen molar-refractivity contribution in [3.8, 4) is 0 Å². The average molecular weight is 578 g/mol. The van der Waals surface area contributed by atoms with E-state index in [-0.39, 0.29) is 26.0 Å². The number of hydrogen-bond donors (Lipinski definition) is 4. The molecular formula is C26H39N7O8. The number of benzene rings is 1. The molecule has 1 heterocycles. The lowest BCUT2D eigenvalue weighted by atomic mass is 10.1. The minimum atomic E-state index is -1.07. The lowest BCUT2D eigenvalue weighted by Crippen LogP contribution is -2.55. The third kappa shape index (κ3) is 11.7. The van der Waals surface area contributed by atoms with E-state index in [0.29, 0.717) is 19.4 Å². The summed E-state index contributed by atoms with van der Waals surface area (Å²) >= 11 is 0. The molecule has 2 rings (SSSR count). The van der Waals surface area contributed by atoms with Crippen molar-refractivity contribution in [1.82, 2.24) is 21.0 Å². The monoisotopic (exact) mass is 577 g/mol. The zero-order chi connectivity index (χ0) is 30.6. The van der Waals surface area contributed by atoms with Crippen LogP contribution in [-0.4, -0.2) is 76.6 Å². The molecule has 0 unspecified atom stereocenters. The number of ether oxygens (including phenoxy) is 2. The van der Waals surface area contributed by atoms with Crippen LogP contribution in [0.4, 0.5) is 4.79 Å². The van der Waals surface area contributed by atoms with Crippen LogP contribution in [0.3, 0.4) is 0 Å². The first-order chi connectivity index (χ1) is 19.3. The lowest BCUT2D eigenvalue weighted by molar-refractivity contribution is -0.525. The van der Waals surface area contributed by atoms with Crippen LogP contribution in [0.1, 0.15) is 58.9 Å². The molecule has 0 saturated carbocycles. The molecule has 0 aromatic heterocycles. The second-order valence-electron chi connectivity index (χ2n) is 10.5. The van der Waals surface area contributed by atoms with Crippen LogP contribution >= 0.6 is 0 Å². The highest BCUT2D eigenvalue weighted by atomic mass is 16.7. The van der Waals surface area contributed by atoms with Gasteiger partial charge in [-0.3, -0.25) is 9.59 Å². The molecule has 1 fully saturated rings. The molecule has 0 aliphatic carbocycles. The fraction of sp³-hybridized carbons (Fsp3) is 0.577. The molecule has 15 nitrogen and oxygen atoms in total. The molecule has 0 bridgehead atoms. The first kappa shape index (κ1) is 32.8. The Morgan fingerprint density at radius 2 is 1.88 bits per heavy atom. The highest BCUT2D eigenvalue weighted by molar-refractivity contribution is 5.93. The number of amides is 3. The Bertz CT molecular complexity index is 1110. The van der Waals surface area contributed by atoms with Crippen molar-refractivity contribution in [3.05, 3.63) is 46.0 Å². The topological polar surface area (TPSA) is 208 Å². The van der Waals surface area contributed by atoms with Crippen LogP contribution in [-0.2, 0) is 30.5 Å². The second-order valence-corrected chi connectivity index (χ2v) is 10.5. The number of hydrogen-bond acceptors (Lipinski definition) is 9. The number of guanidine groups is 1. The lowest BCUT2D eigenvalue weighted by Gasteiger charge is -2.29. The van der Waals surface area contributed by atoms with Crippen molar-refractivity contribution in [2.75, 3.05) is 13.1 Å². The fourth-order valence-electron chi connectivity index (χ4n) is 4.07. The van der Waals surface area contributed by atoms with E-state index < -0.39 is 58.6 Å². The van der Waals surface area contributed by atoms with Gasteiger partial charge in [-0.05, 0) is 58.9 Å². The average Bonchev–Trinajstić information content (AvgIpc) is 3.37. The Labute approximate surface area is 238 Å². The van der Waals surface area contributed by atoms with E-state index in [0.717, 1.165) is 5.56 Å². The summed E-state index contributed by atoms with van der Waals surface area (Å²) in [5.74, 6) is -2.07. The van der Waals surface area contributed by atoms with Crippen LogP contribution in [0.2, 0.25) is 0 Å². The number of nitro groups is 1. The molecule has 1 aromatic carbocycles. The van der Waals surface area contributed by atoms with E-state index >= 15 is 0 Å². The molecule has 226 valence electrons. The second kappa shape index (κ2) is 15.4. The normalized spacial score (nSPS) is 16.7. The van der Waals surface area contributed by atoms with Crippen molar-refractivity contribution < 1.29 is 33.7 Å². The fourth-order valence-corrected chi connectivity index (χ4v) is 4.07. The third-order valence-electron chi connectivity index (χ3n) is 5.91. The summed E-state index contributed by atoms with van der Waals surface area (Å²) in [6, 6.07) is 6.13. The number of likely N-dealkylation sites (tertiary alicyclic amines) is 1. The van der Waals surface area contributed by atoms with Crippen molar-refractivity contribution in [2.45, 2.75) is 83.7 Å². The highest BCUT2D eigenvalue weighted by Gasteiger charge is 2.38. The molecule has 0 radical (unpaired) electrons. The number of carbonyl (C=O) groups is 4. The molecule has 15 heteroatoms. The third-order valence-corrected chi connectivity index (χ3v) is 5.91. The summed E-state index contributed by atoms with van der Waals surface area (Å²) in [5.41, 5.74) is 7.16. The van der Waals surface area contributed by atoms with Crippen LogP contribution in [0.25, 0.3) is 0 Å². The van der Waals surface area contributed by atoms with Gasteiger partial charge in [0.05, 0.1) is 0 Å². The van der Waals surface area contributed by atoms with Crippen molar-refractivity contribution in [1.29, 1.82) is 0 Å². The van der Waals surface area contributed by atoms with E-state index in [4.69, 9.17) is 15.2 Å². The van der Waals surface area contributed by atoms with Crippen LogP contribution < -0.4 is 21.8 Å². The van der Waals surface area contributed by atoms with E-state index in [1.165, 1.54) is 11.8 Å². The number of nitrogens with zero attached hydrogens (tertiary/aromatic N) is 3. The van der Waals surface area contributed by atoms with Gasteiger partial charge in [0.25, 0.3) is 5.96 Å². The molecular weight excluding hydrogens is 538 g/mol. The summed E-state index contributed by atoms with van der Waals surface area (Å²) in [5, 5.41) is 14.8. The summed E-state index contributed by atoms with van der Waals surface area (Å²) in [4.78, 5) is 67.1. The summed E-state index contributed by atoms with van der Waals surface area (Å²) in [6.45, 7) is 6.95. The summed E-state index contributed by atoms with van der Waals surface area (Å²) in [6.07, 6.45) is 0.525. The largest absolute Gasteiger partial charge is 0.459 e. The molecule has 3 amide bonds. The highest BCUT2D eigenvalue weighted by Crippen LogP contribution is 2.19. The summed E-state index contributed by atoms with van der Waals surface area (Å²) < 4.78 is 10.6. The Kier molecular flexibility index (Phi) is 12.3. The number of esters is 1. The molecule has 1 aliphatic rings. The van der Waals surface area contributed by atoms with Crippen LogP contribution in [0.15, 0.2) is 35.3 Å². The van der Waals surface area contributed by atoms with Gasteiger partial charge in [-0.25, -0.2) is 24.7 Å². The first-order valence-corrected chi connectivity index (χ1v) is 13.3. The van der Waals surface area contributed by atoms with E-state index in [1.54, 1.807) is 50.5 Å². The quantitative estimate of drug-likeness (QED) is 0.0691. The molecule has 41 heavy (non-hydrogen) atoms. The maximum absolute atomic E-state index is 13.3. The molecule has 0 spiro atoms. The maximum atomic E-state index is 13.3. The number of nitrogens with two attached hydrogens (primary N) is 1. The Hall–Kier alpha value is -4.43. The predicted molar refractivity (Wildman–Crippen MR) is 148 cm³/mol. The van der Waals surface area contributed by atoms with Crippen molar-refractivity contribution >= 4 is 29.8 Å². The maximum Gasteiger partial charge on any atom is 0.408 e. The van der Waals surface area contributed by atoms with Crippen LogP contribution in [0, 0.1) is 10.1 Å². The SMILES string of the molecule is C[C@H](NC(=O)OC(C)(C)C)C(=O)N1CCC[C@H]1C(=O)N[C@@H](CCCN=C(N)N[N+](=O)[O-])C(=O)OCc1ccccc1. The number of rotatable bonds is 12. The Balaban J connectivity index is 2.05. The van der Waals surface area contributed by atoms with Gasteiger partial charge in [0.2, 0.25) is 11.8 Å². The van der Waals surface area contributed by atoms with Crippen LogP contribution in [0.5, 0.6) is 0 Å². The zero-order valence-corrected chi connectivity index (χ0v) is 23.8. The molecule has 5 N–H and O–H groups in total. The van der Waals surface area contributed by atoms with Gasteiger partial charge in [0.15, 0.2) is 5.03 Å². The van der Waals surface area contributed by atoms with Gasteiger partial charge in [-0.2, -0.15) is 0 Å².